The highest BCUT2D eigenvalue weighted by Crippen LogP contribution is 2.23. The Morgan fingerprint density at radius 1 is 1.00 bits per heavy atom. The molecule has 0 amide bonds. The van der Waals surface area contributed by atoms with Crippen molar-refractivity contribution < 1.29 is 0 Å². The van der Waals surface area contributed by atoms with Gasteiger partial charge in [0, 0.05) is 44.3 Å². The second-order valence-corrected chi connectivity index (χ2v) is 5.32. The molecule has 1 saturated carbocycles. The van der Waals surface area contributed by atoms with Crippen molar-refractivity contribution in [1.82, 2.24) is 15.1 Å². The molecule has 0 aromatic carbocycles. The van der Waals surface area contributed by atoms with Gasteiger partial charge in [0.15, 0.2) is 0 Å². The number of likely N-dealkylation sites (N-methyl/N-ethyl adjacent to an activating group) is 1. The van der Waals surface area contributed by atoms with E-state index in [1.807, 2.05) is 0 Å². The fraction of sp³-hybridized carbons (Fsp3) is 1.00. The Morgan fingerprint density at radius 3 is 2.21 bits per heavy atom. The number of nitrogens with one attached hydrogen (secondary N) is 1. The van der Waals surface area contributed by atoms with Crippen molar-refractivity contribution >= 4 is 0 Å². The van der Waals surface area contributed by atoms with Gasteiger partial charge in [-0.15, -0.1) is 0 Å². The van der Waals surface area contributed by atoms with Crippen LogP contribution in [0.25, 0.3) is 0 Å². The van der Waals surface area contributed by atoms with E-state index in [0.29, 0.717) is 0 Å². The molecule has 0 aromatic rings. The van der Waals surface area contributed by atoms with E-state index in [9.17, 15) is 0 Å². The van der Waals surface area contributed by atoms with Crippen LogP contribution in [0.4, 0.5) is 0 Å². The Bertz CT molecular complexity index is 203. The summed E-state index contributed by atoms with van der Waals surface area (Å²) in [4.78, 5) is 5.04. The van der Waals surface area contributed by atoms with Crippen LogP contribution in [-0.2, 0) is 0 Å². The van der Waals surface area contributed by atoms with Crippen LogP contribution in [0.15, 0.2) is 0 Å². The van der Waals surface area contributed by atoms with Crippen molar-refractivity contribution in [2.75, 3.05) is 33.2 Å². The molecule has 0 unspecified atom stereocenters. The lowest BCUT2D eigenvalue weighted by Crippen LogP contribution is -2.69. The van der Waals surface area contributed by atoms with Gasteiger partial charge in [0.2, 0.25) is 0 Å². The molecule has 3 heteroatoms. The second-order valence-electron chi connectivity index (χ2n) is 5.32. The molecule has 3 rings (SSSR count). The molecule has 3 fully saturated rings. The van der Waals surface area contributed by atoms with Crippen LogP contribution in [0.1, 0.15) is 19.3 Å². The molecule has 2 saturated heterocycles. The number of hydrogen-bond donors (Lipinski definition) is 1. The highest BCUT2D eigenvalue weighted by atomic mass is 15.4. The van der Waals surface area contributed by atoms with Crippen molar-refractivity contribution in [3.8, 4) is 0 Å². The maximum absolute atomic E-state index is 3.74. The molecule has 14 heavy (non-hydrogen) atoms. The first kappa shape index (κ1) is 9.13. The Hall–Kier alpha value is -0.120. The summed E-state index contributed by atoms with van der Waals surface area (Å²) in [5.41, 5.74) is 0. The van der Waals surface area contributed by atoms with Gasteiger partial charge in [0.1, 0.15) is 0 Å². The Kier molecular flexibility index (Phi) is 2.26. The van der Waals surface area contributed by atoms with Crippen LogP contribution in [0.2, 0.25) is 0 Å². The fourth-order valence-electron chi connectivity index (χ4n) is 2.72. The first-order valence-electron chi connectivity index (χ1n) is 6.00. The Labute approximate surface area is 86.4 Å². The summed E-state index contributed by atoms with van der Waals surface area (Å²) in [6, 6.07) is 2.55. The van der Waals surface area contributed by atoms with Crippen LogP contribution >= 0.6 is 0 Å². The maximum Gasteiger partial charge on any atom is 0.0351 e. The Morgan fingerprint density at radius 2 is 1.71 bits per heavy atom. The van der Waals surface area contributed by atoms with Crippen LogP contribution in [-0.4, -0.2) is 61.2 Å². The predicted octanol–water partition coefficient (Wildman–Crippen LogP) is 0.127. The molecule has 0 radical (unpaired) electrons. The van der Waals surface area contributed by atoms with E-state index in [0.717, 1.165) is 18.1 Å². The van der Waals surface area contributed by atoms with Gasteiger partial charge in [-0.2, -0.15) is 0 Å². The SMILES string of the molecule is CN1CC(N2CC(NC3CCC3)C2)C1. The van der Waals surface area contributed by atoms with E-state index in [2.05, 4.69) is 22.2 Å². The minimum atomic E-state index is 0.811. The maximum atomic E-state index is 3.74. The van der Waals surface area contributed by atoms with Crippen LogP contribution in [0, 0.1) is 0 Å². The Balaban J connectivity index is 1.35. The van der Waals surface area contributed by atoms with Crippen molar-refractivity contribution in [2.24, 2.45) is 0 Å². The zero-order valence-electron chi connectivity index (χ0n) is 9.08. The average molecular weight is 195 g/mol. The summed E-state index contributed by atoms with van der Waals surface area (Å²) in [5, 5.41) is 3.74. The summed E-state index contributed by atoms with van der Waals surface area (Å²) >= 11 is 0. The first-order valence-corrected chi connectivity index (χ1v) is 6.00. The van der Waals surface area contributed by atoms with Gasteiger partial charge in [-0.3, -0.25) is 4.90 Å². The van der Waals surface area contributed by atoms with Crippen LogP contribution < -0.4 is 5.32 Å². The standard InChI is InChI=1S/C11H21N3/c1-13-7-11(8-13)14-5-10(6-14)12-9-3-2-4-9/h9-12H,2-8H2,1H3. The third kappa shape index (κ3) is 1.58. The van der Waals surface area contributed by atoms with E-state index >= 15 is 0 Å². The molecule has 0 aromatic heterocycles. The van der Waals surface area contributed by atoms with Crippen molar-refractivity contribution in [3.63, 3.8) is 0 Å². The molecule has 0 bridgehead atoms. The zero-order chi connectivity index (χ0) is 9.54. The lowest BCUT2D eigenvalue weighted by molar-refractivity contribution is -0.0109. The topological polar surface area (TPSA) is 18.5 Å². The van der Waals surface area contributed by atoms with Gasteiger partial charge in [-0.25, -0.2) is 0 Å². The minimum Gasteiger partial charge on any atom is -0.309 e. The van der Waals surface area contributed by atoms with Gasteiger partial charge in [-0.05, 0) is 19.9 Å². The van der Waals surface area contributed by atoms with Gasteiger partial charge in [0.05, 0.1) is 0 Å². The summed E-state index contributed by atoms with van der Waals surface area (Å²) in [5.74, 6) is 0. The van der Waals surface area contributed by atoms with Crippen molar-refractivity contribution in [3.05, 3.63) is 0 Å². The van der Waals surface area contributed by atoms with Crippen molar-refractivity contribution in [1.29, 1.82) is 0 Å². The summed E-state index contributed by atoms with van der Waals surface area (Å²) in [7, 11) is 2.21. The molecule has 3 nitrogen and oxygen atoms in total. The average Bonchev–Trinajstić information content (AvgIpc) is 1.94. The predicted molar refractivity (Wildman–Crippen MR) is 57.4 cm³/mol. The van der Waals surface area contributed by atoms with Crippen LogP contribution in [0.5, 0.6) is 0 Å². The zero-order valence-corrected chi connectivity index (χ0v) is 9.08. The molecule has 0 spiro atoms. The van der Waals surface area contributed by atoms with E-state index < -0.39 is 0 Å². The molecule has 2 aliphatic heterocycles. The highest BCUT2D eigenvalue weighted by molar-refractivity contribution is 4.97. The number of hydrogen-bond acceptors (Lipinski definition) is 3. The van der Waals surface area contributed by atoms with Crippen molar-refractivity contribution in [2.45, 2.75) is 37.4 Å². The molecular formula is C11H21N3. The van der Waals surface area contributed by atoms with E-state index in [-0.39, 0.29) is 0 Å². The van der Waals surface area contributed by atoms with E-state index in [1.54, 1.807) is 0 Å². The fourth-order valence-corrected chi connectivity index (χ4v) is 2.72. The third-order valence-corrected chi connectivity index (χ3v) is 4.05. The van der Waals surface area contributed by atoms with E-state index in [4.69, 9.17) is 0 Å². The smallest absolute Gasteiger partial charge is 0.0351 e. The van der Waals surface area contributed by atoms with Gasteiger partial charge in [0.25, 0.3) is 0 Å². The minimum absolute atomic E-state index is 0.811. The summed E-state index contributed by atoms with van der Waals surface area (Å²) < 4.78 is 0. The van der Waals surface area contributed by atoms with Crippen LogP contribution in [0.3, 0.4) is 0 Å². The second kappa shape index (κ2) is 3.47. The number of rotatable bonds is 3. The lowest BCUT2D eigenvalue weighted by Gasteiger charge is -2.52. The van der Waals surface area contributed by atoms with E-state index in [1.165, 1.54) is 45.4 Å². The molecule has 1 N–H and O–H groups in total. The van der Waals surface area contributed by atoms with Gasteiger partial charge in [-0.1, -0.05) is 6.42 Å². The quantitative estimate of drug-likeness (QED) is 0.690. The largest absolute Gasteiger partial charge is 0.309 e. The molecule has 80 valence electrons. The monoisotopic (exact) mass is 195 g/mol. The molecule has 2 heterocycles. The van der Waals surface area contributed by atoms with Gasteiger partial charge < -0.3 is 10.2 Å². The molecule has 0 atom stereocenters. The third-order valence-electron chi connectivity index (χ3n) is 4.05. The summed E-state index contributed by atoms with van der Waals surface area (Å²) in [6.07, 6.45) is 4.28. The molecule has 1 aliphatic carbocycles. The number of likely N-dealkylation sites (tertiary alicyclic amines) is 2. The normalized spacial score (nSPS) is 32.4. The highest BCUT2D eigenvalue weighted by Gasteiger charge is 2.38. The number of nitrogens with zero attached hydrogens (tertiary/aromatic N) is 2. The lowest BCUT2D eigenvalue weighted by atomic mass is 9.91. The summed E-state index contributed by atoms with van der Waals surface area (Å²) in [6.45, 7) is 5.18. The molecule has 3 aliphatic rings. The first-order chi connectivity index (χ1) is 6.81. The van der Waals surface area contributed by atoms with Gasteiger partial charge >= 0.3 is 0 Å². The molecular weight excluding hydrogens is 174 g/mol.